The van der Waals surface area contributed by atoms with Crippen LogP contribution in [-0.4, -0.2) is 39.9 Å². The Balaban J connectivity index is 1.83. The van der Waals surface area contributed by atoms with Gasteiger partial charge in [-0.05, 0) is 45.0 Å². The van der Waals surface area contributed by atoms with E-state index in [1.807, 2.05) is 65.9 Å². The normalized spacial score (nSPS) is 11.0. The highest BCUT2D eigenvalue weighted by molar-refractivity contribution is 7.15. The van der Waals surface area contributed by atoms with E-state index in [4.69, 9.17) is 4.74 Å². The Bertz CT molecular complexity index is 847. The topological polar surface area (TPSA) is 46.8 Å². The zero-order valence-electron chi connectivity index (χ0n) is 14.9. The highest BCUT2D eigenvalue weighted by Gasteiger charge is 2.15. The minimum Gasteiger partial charge on any atom is -0.494 e. The summed E-state index contributed by atoms with van der Waals surface area (Å²) >= 11 is 1.57. The third kappa shape index (κ3) is 3.69. The van der Waals surface area contributed by atoms with Gasteiger partial charge in [0.25, 0.3) is 0 Å². The predicted octanol–water partition coefficient (Wildman–Crippen LogP) is 3.87. The van der Waals surface area contributed by atoms with Gasteiger partial charge in [-0.15, -0.1) is 11.3 Å². The standard InChI is InChI=1S/C19H23N3O2S/c1-4-21(5-2)18(23)11-15-13-25-19-20-17(12-22(15)19)14-7-9-16(10-8-14)24-6-3/h7-10,12-13H,4-6,11H2,1-3H3. The number of likely N-dealkylation sites (N-methyl/N-ethyl adjacent to an activating group) is 1. The van der Waals surface area contributed by atoms with Crippen LogP contribution in [0.4, 0.5) is 0 Å². The fourth-order valence-corrected chi connectivity index (χ4v) is 3.70. The van der Waals surface area contributed by atoms with Gasteiger partial charge in [0.15, 0.2) is 4.96 Å². The van der Waals surface area contributed by atoms with E-state index in [0.717, 1.165) is 40.8 Å². The molecule has 0 spiro atoms. The summed E-state index contributed by atoms with van der Waals surface area (Å²) in [7, 11) is 0. The lowest BCUT2D eigenvalue weighted by atomic mass is 10.1. The first-order chi connectivity index (χ1) is 12.2. The van der Waals surface area contributed by atoms with Gasteiger partial charge in [0.05, 0.1) is 18.7 Å². The van der Waals surface area contributed by atoms with Crippen molar-refractivity contribution in [3.8, 4) is 17.0 Å². The van der Waals surface area contributed by atoms with Gasteiger partial charge in [0.2, 0.25) is 5.91 Å². The predicted molar refractivity (Wildman–Crippen MR) is 101 cm³/mol. The maximum atomic E-state index is 12.4. The molecular weight excluding hydrogens is 334 g/mol. The first kappa shape index (κ1) is 17.5. The van der Waals surface area contributed by atoms with E-state index in [0.29, 0.717) is 13.0 Å². The zero-order chi connectivity index (χ0) is 17.8. The lowest BCUT2D eigenvalue weighted by Gasteiger charge is -2.18. The summed E-state index contributed by atoms with van der Waals surface area (Å²) < 4.78 is 7.51. The van der Waals surface area contributed by atoms with E-state index in [1.54, 1.807) is 11.3 Å². The van der Waals surface area contributed by atoms with Crippen LogP contribution in [0.2, 0.25) is 0 Å². The number of carbonyl (C=O) groups excluding carboxylic acids is 1. The Morgan fingerprint density at radius 2 is 1.92 bits per heavy atom. The van der Waals surface area contributed by atoms with E-state index in [2.05, 4.69) is 4.98 Å². The summed E-state index contributed by atoms with van der Waals surface area (Å²) in [5.41, 5.74) is 2.94. The Kier molecular flexibility index (Phi) is 5.38. The molecule has 2 heterocycles. The van der Waals surface area contributed by atoms with Crippen LogP contribution in [0.15, 0.2) is 35.8 Å². The minimum atomic E-state index is 0.154. The third-order valence-electron chi connectivity index (χ3n) is 4.19. The summed E-state index contributed by atoms with van der Waals surface area (Å²) in [4.78, 5) is 19.8. The van der Waals surface area contributed by atoms with Crippen LogP contribution >= 0.6 is 11.3 Å². The third-order valence-corrected chi connectivity index (χ3v) is 5.08. The number of carbonyl (C=O) groups is 1. The summed E-state index contributed by atoms with van der Waals surface area (Å²) in [5.74, 6) is 1.01. The average Bonchev–Trinajstić information content (AvgIpc) is 3.19. The number of fused-ring (bicyclic) bond motifs is 1. The van der Waals surface area contributed by atoms with Crippen molar-refractivity contribution in [2.75, 3.05) is 19.7 Å². The molecule has 0 radical (unpaired) electrons. The summed E-state index contributed by atoms with van der Waals surface area (Å²) in [6.45, 7) is 8.12. The number of aromatic nitrogens is 2. The van der Waals surface area contributed by atoms with Gasteiger partial charge in [0.1, 0.15) is 5.75 Å². The minimum absolute atomic E-state index is 0.154. The second kappa shape index (κ2) is 7.70. The number of ether oxygens (including phenoxy) is 1. The molecule has 0 saturated heterocycles. The molecule has 1 amide bonds. The first-order valence-corrected chi connectivity index (χ1v) is 9.50. The Hall–Kier alpha value is -2.34. The van der Waals surface area contributed by atoms with Gasteiger partial charge in [-0.2, -0.15) is 0 Å². The van der Waals surface area contributed by atoms with Gasteiger partial charge in [-0.3, -0.25) is 9.20 Å². The van der Waals surface area contributed by atoms with Gasteiger partial charge < -0.3 is 9.64 Å². The molecular formula is C19H23N3O2S. The molecule has 0 aliphatic heterocycles. The van der Waals surface area contributed by atoms with Crippen molar-refractivity contribution in [3.63, 3.8) is 0 Å². The fourth-order valence-electron chi connectivity index (χ4n) is 2.83. The van der Waals surface area contributed by atoms with Gasteiger partial charge in [0, 0.05) is 35.9 Å². The lowest BCUT2D eigenvalue weighted by molar-refractivity contribution is -0.130. The molecule has 0 bridgehead atoms. The highest BCUT2D eigenvalue weighted by atomic mass is 32.1. The fraction of sp³-hybridized carbons (Fsp3) is 0.368. The number of thiazole rings is 1. The summed E-state index contributed by atoms with van der Waals surface area (Å²) in [6.07, 6.45) is 2.41. The average molecular weight is 357 g/mol. The Morgan fingerprint density at radius 1 is 1.20 bits per heavy atom. The number of benzene rings is 1. The van der Waals surface area contributed by atoms with Crippen molar-refractivity contribution in [2.45, 2.75) is 27.2 Å². The van der Waals surface area contributed by atoms with Crippen LogP contribution in [0, 0.1) is 0 Å². The first-order valence-electron chi connectivity index (χ1n) is 8.62. The van der Waals surface area contributed by atoms with Crippen molar-refractivity contribution in [1.29, 1.82) is 0 Å². The van der Waals surface area contributed by atoms with E-state index < -0.39 is 0 Å². The van der Waals surface area contributed by atoms with Gasteiger partial charge in [-0.25, -0.2) is 4.98 Å². The van der Waals surface area contributed by atoms with Crippen molar-refractivity contribution in [3.05, 3.63) is 41.5 Å². The number of imidazole rings is 1. The van der Waals surface area contributed by atoms with E-state index in [-0.39, 0.29) is 5.91 Å². The van der Waals surface area contributed by atoms with Gasteiger partial charge in [-0.1, -0.05) is 0 Å². The summed E-state index contributed by atoms with van der Waals surface area (Å²) in [6, 6.07) is 7.94. The Labute approximate surface area is 151 Å². The quantitative estimate of drug-likeness (QED) is 0.645. The van der Waals surface area contributed by atoms with Crippen LogP contribution in [0.3, 0.4) is 0 Å². The number of nitrogens with zero attached hydrogens (tertiary/aromatic N) is 3. The molecule has 0 fully saturated rings. The molecule has 132 valence electrons. The van der Waals surface area contributed by atoms with Crippen molar-refractivity contribution >= 4 is 22.2 Å². The van der Waals surface area contributed by atoms with Crippen LogP contribution in [0.1, 0.15) is 26.5 Å². The molecule has 0 atom stereocenters. The molecule has 0 aliphatic rings. The molecule has 3 rings (SSSR count). The zero-order valence-corrected chi connectivity index (χ0v) is 15.7. The molecule has 3 aromatic rings. The van der Waals surface area contributed by atoms with Crippen molar-refractivity contribution in [1.82, 2.24) is 14.3 Å². The molecule has 6 heteroatoms. The van der Waals surface area contributed by atoms with Crippen LogP contribution < -0.4 is 4.74 Å². The second-order valence-electron chi connectivity index (χ2n) is 5.71. The lowest BCUT2D eigenvalue weighted by Crippen LogP contribution is -2.32. The largest absolute Gasteiger partial charge is 0.494 e. The smallest absolute Gasteiger partial charge is 0.228 e. The summed E-state index contributed by atoms with van der Waals surface area (Å²) in [5, 5.41) is 2.02. The number of amides is 1. The maximum Gasteiger partial charge on any atom is 0.228 e. The number of hydrogen-bond donors (Lipinski definition) is 0. The van der Waals surface area contributed by atoms with E-state index in [9.17, 15) is 4.79 Å². The van der Waals surface area contributed by atoms with Crippen molar-refractivity contribution in [2.24, 2.45) is 0 Å². The molecule has 0 saturated carbocycles. The number of rotatable bonds is 7. The molecule has 5 nitrogen and oxygen atoms in total. The molecule has 1 aromatic carbocycles. The van der Waals surface area contributed by atoms with Gasteiger partial charge >= 0.3 is 0 Å². The second-order valence-corrected chi connectivity index (χ2v) is 6.54. The molecule has 0 aliphatic carbocycles. The van der Waals surface area contributed by atoms with Crippen molar-refractivity contribution < 1.29 is 9.53 Å². The van der Waals surface area contributed by atoms with Crippen LogP contribution in [-0.2, 0) is 11.2 Å². The molecule has 2 aromatic heterocycles. The maximum absolute atomic E-state index is 12.4. The van der Waals surface area contributed by atoms with Crippen LogP contribution in [0.5, 0.6) is 5.75 Å². The molecule has 25 heavy (non-hydrogen) atoms. The van der Waals surface area contributed by atoms with Crippen LogP contribution in [0.25, 0.3) is 16.2 Å². The SMILES string of the molecule is CCOc1ccc(-c2cn3c(CC(=O)N(CC)CC)csc3n2)cc1. The highest BCUT2D eigenvalue weighted by Crippen LogP contribution is 2.25. The molecule has 0 N–H and O–H groups in total. The van der Waals surface area contributed by atoms with E-state index >= 15 is 0 Å². The molecule has 0 unspecified atom stereocenters. The Morgan fingerprint density at radius 3 is 2.56 bits per heavy atom. The number of hydrogen-bond acceptors (Lipinski definition) is 4. The monoisotopic (exact) mass is 357 g/mol. The van der Waals surface area contributed by atoms with E-state index in [1.165, 1.54) is 0 Å².